The molecule has 0 amide bonds. The SMILES string of the molecule is CCOC(=O)C1=C(C)N=c2s/c(=C\c3cc(C(C)C)c(OCC)cc3C)c(=O)n2[C@H]1c1ccc(C)cc1. The van der Waals surface area contributed by atoms with Crippen molar-refractivity contribution < 1.29 is 14.3 Å². The number of nitrogens with zero attached hydrogens (tertiary/aromatic N) is 2. The second-order valence-electron chi connectivity index (χ2n) is 9.55. The quantitative estimate of drug-likeness (QED) is 0.416. The molecule has 4 rings (SSSR count). The fraction of sp³-hybridized carbons (Fsp3) is 0.367. The van der Waals surface area contributed by atoms with Crippen molar-refractivity contribution in [2.75, 3.05) is 13.2 Å². The molecule has 0 radical (unpaired) electrons. The van der Waals surface area contributed by atoms with Crippen LogP contribution >= 0.6 is 11.3 Å². The van der Waals surface area contributed by atoms with Gasteiger partial charge in [0, 0.05) is 0 Å². The first-order chi connectivity index (χ1) is 17.7. The Balaban J connectivity index is 1.94. The molecule has 0 saturated heterocycles. The highest BCUT2D eigenvalue weighted by atomic mass is 32.1. The van der Waals surface area contributed by atoms with E-state index in [4.69, 9.17) is 9.47 Å². The first kappa shape index (κ1) is 26.6. The van der Waals surface area contributed by atoms with E-state index in [1.165, 1.54) is 11.3 Å². The largest absolute Gasteiger partial charge is 0.494 e. The van der Waals surface area contributed by atoms with Gasteiger partial charge in [0.2, 0.25) is 0 Å². The number of hydrogen-bond donors (Lipinski definition) is 0. The fourth-order valence-corrected chi connectivity index (χ4v) is 5.64. The highest BCUT2D eigenvalue weighted by Crippen LogP contribution is 2.32. The van der Waals surface area contributed by atoms with Crippen LogP contribution in [0.4, 0.5) is 0 Å². The van der Waals surface area contributed by atoms with Crippen LogP contribution in [-0.2, 0) is 9.53 Å². The lowest BCUT2D eigenvalue weighted by molar-refractivity contribution is -0.139. The van der Waals surface area contributed by atoms with E-state index in [0.29, 0.717) is 27.2 Å². The molecule has 0 saturated carbocycles. The molecule has 1 aliphatic rings. The number of hydrogen-bond acceptors (Lipinski definition) is 6. The summed E-state index contributed by atoms with van der Waals surface area (Å²) in [6.07, 6.45) is 1.93. The van der Waals surface area contributed by atoms with Crippen molar-refractivity contribution in [1.82, 2.24) is 4.57 Å². The molecule has 1 aromatic heterocycles. The Labute approximate surface area is 221 Å². The number of benzene rings is 2. The molecule has 2 heterocycles. The average molecular weight is 519 g/mol. The Kier molecular flexibility index (Phi) is 7.83. The van der Waals surface area contributed by atoms with Gasteiger partial charge in [0.15, 0.2) is 4.80 Å². The lowest BCUT2D eigenvalue weighted by Crippen LogP contribution is -2.39. The van der Waals surface area contributed by atoms with Gasteiger partial charge < -0.3 is 9.47 Å². The van der Waals surface area contributed by atoms with E-state index in [0.717, 1.165) is 33.6 Å². The van der Waals surface area contributed by atoms with Crippen LogP contribution in [0.1, 0.15) is 74.4 Å². The maximum Gasteiger partial charge on any atom is 0.338 e. The summed E-state index contributed by atoms with van der Waals surface area (Å²) in [7, 11) is 0. The minimum atomic E-state index is -0.606. The van der Waals surface area contributed by atoms with E-state index in [-0.39, 0.29) is 18.1 Å². The number of carbonyl (C=O) groups excluding carboxylic acids is 1. The van der Waals surface area contributed by atoms with Crippen LogP contribution in [0.25, 0.3) is 6.08 Å². The summed E-state index contributed by atoms with van der Waals surface area (Å²) >= 11 is 1.34. The van der Waals surface area contributed by atoms with Gasteiger partial charge in [0.25, 0.3) is 5.56 Å². The molecule has 0 bridgehead atoms. The Hall–Kier alpha value is -3.45. The zero-order chi connectivity index (χ0) is 26.9. The summed E-state index contributed by atoms with van der Waals surface area (Å²) in [5.41, 5.74) is 5.81. The Morgan fingerprint density at radius 2 is 1.81 bits per heavy atom. The predicted molar refractivity (Wildman–Crippen MR) is 148 cm³/mol. The second kappa shape index (κ2) is 10.9. The van der Waals surface area contributed by atoms with Crippen molar-refractivity contribution in [2.24, 2.45) is 4.99 Å². The molecular weight excluding hydrogens is 484 g/mol. The Morgan fingerprint density at radius 3 is 2.43 bits per heavy atom. The first-order valence-corrected chi connectivity index (χ1v) is 13.5. The third-order valence-corrected chi connectivity index (χ3v) is 7.50. The van der Waals surface area contributed by atoms with Gasteiger partial charge in [-0.2, -0.15) is 0 Å². The van der Waals surface area contributed by atoms with Crippen LogP contribution in [0, 0.1) is 13.8 Å². The Bertz CT molecular complexity index is 1540. The van der Waals surface area contributed by atoms with Crippen LogP contribution in [-0.4, -0.2) is 23.8 Å². The number of esters is 1. The summed E-state index contributed by atoms with van der Waals surface area (Å²) in [6.45, 7) is 14.7. The summed E-state index contributed by atoms with van der Waals surface area (Å²) in [5.74, 6) is 0.696. The van der Waals surface area contributed by atoms with E-state index in [9.17, 15) is 9.59 Å². The molecule has 0 spiro atoms. The molecule has 1 atom stereocenters. The standard InChI is InChI=1S/C30H34N2O4S/c1-8-35-24-14-19(6)22(15-23(24)17(3)4)16-25-28(33)32-27(21-12-10-18(5)11-13-21)26(29(34)36-9-2)20(7)31-30(32)37-25/h10-17,27H,8-9H2,1-7H3/b25-16-/t27-/m0/s1. The van der Waals surface area contributed by atoms with Gasteiger partial charge in [0.05, 0.1) is 35.1 Å². The molecule has 7 heteroatoms. The topological polar surface area (TPSA) is 69.9 Å². The summed E-state index contributed by atoms with van der Waals surface area (Å²) in [6, 6.07) is 11.4. The lowest BCUT2D eigenvalue weighted by Gasteiger charge is -2.24. The normalized spacial score (nSPS) is 15.6. The molecule has 6 nitrogen and oxygen atoms in total. The second-order valence-corrected chi connectivity index (χ2v) is 10.6. The van der Waals surface area contributed by atoms with Gasteiger partial charge in [0.1, 0.15) is 5.75 Å². The van der Waals surface area contributed by atoms with Crippen molar-refractivity contribution in [1.29, 1.82) is 0 Å². The third-order valence-electron chi connectivity index (χ3n) is 6.52. The van der Waals surface area contributed by atoms with Gasteiger partial charge in [-0.25, -0.2) is 9.79 Å². The number of ether oxygens (including phenoxy) is 2. The number of aryl methyl sites for hydroxylation is 2. The Morgan fingerprint density at radius 1 is 1.11 bits per heavy atom. The fourth-order valence-electron chi connectivity index (χ4n) is 4.60. The number of allylic oxidation sites excluding steroid dienone is 1. The summed E-state index contributed by atoms with van der Waals surface area (Å²) in [4.78, 5) is 32.2. The van der Waals surface area contributed by atoms with Gasteiger partial charge in [-0.1, -0.05) is 55.0 Å². The molecule has 0 N–H and O–H groups in total. The van der Waals surface area contributed by atoms with Crippen molar-refractivity contribution in [2.45, 2.75) is 60.4 Å². The molecule has 0 fully saturated rings. The predicted octanol–water partition coefficient (Wildman–Crippen LogP) is 4.94. The summed E-state index contributed by atoms with van der Waals surface area (Å²) < 4.78 is 13.4. The highest BCUT2D eigenvalue weighted by molar-refractivity contribution is 7.07. The molecule has 3 aromatic rings. The van der Waals surface area contributed by atoms with Crippen molar-refractivity contribution in [3.63, 3.8) is 0 Å². The maximum atomic E-state index is 13.9. The van der Waals surface area contributed by atoms with Gasteiger partial charge in [-0.3, -0.25) is 9.36 Å². The van der Waals surface area contributed by atoms with Crippen LogP contribution < -0.4 is 19.6 Å². The molecule has 37 heavy (non-hydrogen) atoms. The molecule has 0 unspecified atom stereocenters. The van der Waals surface area contributed by atoms with E-state index in [1.54, 1.807) is 18.4 Å². The smallest absolute Gasteiger partial charge is 0.338 e. The van der Waals surface area contributed by atoms with Crippen LogP contribution in [0.2, 0.25) is 0 Å². The van der Waals surface area contributed by atoms with Gasteiger partial charge >= 0.3 is 5.97 Å². The third kappa shape index (κ3) is 5.18. The molecular formula is C30H34N2O4S. The number of carbonyl (C=O) groups is 1. The number of aromatic nitrogens is 1. The first-order valence-electron chi connectivity index (χ1n) is 12.7. The van der Waals surface area contributed by atoms with Crippen molar-refractivity contribution in [3.05, 3.63) is 95.2 Å². The monoisotopic (exact) mass is 518 g/mol. The summed E-state index contributed by atoms with van der Waals surface area (Å²) in [5, 5.41) is 0. The molecule has 194 valence electrons. The maximum absolute atomic E-state index is 13.9. The van der Waals surface area contributed by atoms with Gasteiger partial charge in [-0.05, 0) is 81.0 Å². The zero-order valence-corrected chi connectivity index (χ0v) is 23.4. The average Bonchev–Trinajstić information content (AvgIpc) is 3.14. The van der Waals surface area contributed by atoms with Crippen molar-refractivity contribution in [3.8, 4) is 5.75 Å². The van der Waals surface area contributed by atoms with Crippen molar-refractivity contribution >= 4 is 23.4 Å². The molecule has 0 aliphatic carbocycles. The minimum Gasteiger partial charge on any atom is -0.494 e. The number of thiazole rings is 1. The lowest BCUT2D eigenvalue weighted by atomic mass is 9.95. The van der Waals surface area contributed by atoms with Gasteiger partial charge in [-0.15, -0.1) is 0 Å². The number of fused-ring (bicyclic) bond motifs is 1. The van der Waals surface area contributed by atoms with E-state index in [2.05, 4.69) is 24.9 Å². The minimum absolute atomic E-state index is 0.178. The molecule has 1 aliphatic heterocycles. The zero-order valence-electron chi connectivity index (χ0n) is 22.5. The molecule has 2 aromatic carbocycles. The van der Waals surface area contributed by atoms with E-state index < -0.39 is 12.0 Å². The van der Waals surface area contributed by atoms with Crippen LogP contribution in [0.3, 0.4) is 0 Å². The highest BCUT2D eigenvalue weighted by Gasteiger charge is 2.33. The van der Waals surface area contributed by atoms with Crippen LogP contribution in [0.15, 0.2) is 57.5 Å². The van der Waals surface area contributed by atoms with Crippen LogP contribution in [0.5, 0.6) is 5.75 Å². The van der Waals surface area contributed by atoms with E-state index in [1.807, 2.05) is 57.2 Å². The number of rotatable bonds is 7. The van der Waals surface area contributed by atoms with E-state index >= 15 is 0 Å².